The first-order valence-electron chi connectivity index (χ1n) is 30.5. The predicted molar refractivity (Wildman–Crippen MR) is 368 cm³/mol. The van der Waals surface area contributed by atoms with Crippen LogP contribution in [0.2, 0.25) is 0 Å². The Morgan fingerprint density at radius 3 is 0.642 bits per heavy atom. The average Bonchev–Trinajstić information content (AvgIpc) is 3.40. The maximum Gasteiger partial charge on any atom is 0.00817 e. The van der Waals surface area contributed by atoms with Crippen molar-refractivity contribution < 1.29 is 0 Å². The molecule has 6 aromatic carbocycles. The van der Waals surface area contributed by atoms with E-state index in [2.05, 4.69) is 255 Å². The molecule has 8 N–H and O–H groups in total. The van der Waals surface area contributed by atoms with Crippen LogP contribution in [0.4, 0.5) is 0 Å². The third-order valence-corrected chi connectivity index (χ3v) is 13.7. The van der Waals surface area contributed by atoms with Gasteiger partial charge in [0.1, 0.15) is 0 Å². The second-order valence-corrected chi connectivity index (χ2v) is 24.5. The molecule has 0 aliphatic heterocycles. The quantitative estimate of drug-likeness (QED) is 0.0485. The summed E-state index contributed by atoms with van der Waals surface area (Å²) in [6, 6.07) is 64.5. The molecule has 81 heavy (non-hydrogen) atoms. The SMILES string of the molecule is C.C.C.CC(C)CC(N)Cc1ccccc1.CC(C)C[C@@H](N)Cc1ccccc1.CC(C)C[C@H](CN)c1ccccc1.CC(C)C[C@H](N)Cc1ccccc1.CCC(CC(C)C)c1ccccc1.CC[C@H](CC(C)C)c1ccccc1. The van der Waals surface area contributed by atoms with Gasteiger partial charge in [0.2, 0.25) is 0 Å². The van der Waals surface area contributed by atoms with Crippen molar-refractivity contribution >= 4 is 0 Å². The second-order valence-electron chi connectivity index (χ2n) is 24.5. The van der Waals surface area contributed by atoms with Gasteiger partial charge in [0.25, 0.3) is 0 Å². The van der Waals surface area contributed by atoms with Crippen LogP contribution in [0.15, 0.2) is 182 Å². The number of hydrogen-bond acceptors (Lipinski definition) is 4. The monoisotopic (exact) mass is 1110 g/mol. The molecule has 6 aromatic rings. The summed E-state index contributed by atoms with van der Waals surface area (Å²) in [6.07, 6.45) is 12.6. The average molecular weight is 1110 g/mol. The lowest BCUT2D eigenvalue weighted by Crippen LogP contribution is -2.24. The molecule has 0 saturated heterocycles. The highest BCUT2D eigenvalue weighted by Gasteiger charge is 2.13. The molecule has 0 radical (unpaired) electrons. The normalized spacial score (nSPS) is 12.7. The van der Waals surface area contributed by atoms with Gasteiger partial charge in [0.05, 0.1) is 0 Å². The van der Waals surface area contributed by atoms with Crippen LogP contribution in [-0.4, -0.2) is 24.7 Å². The lowest BCUT2D eigenvalue weighted by molar-refractivity contribution is 0.489. The van der Waals surface area contributed by atoms with Crippen LogP contribution in [-0.2, 0) is 19.3 Å². The molecule has 0 bridgehead atoms. The molecule has 6 atom stereocenters. The Hall–Kier alpha value is -4.84. The molecule has 0 saturated carbocycles. The van der Waals surface area contributed by atoms with E-state index in [1.807, 2.05) is 24.3 Å². The lowest BCUT2D eigenvalue weighted by Gasteiger charge is -2.17. The fourth-order valence-corrected chi connectivity index (χ4v) is 10.1. The van der Waals surface area contributed by atoms with E-state index in [4.69, 9.17) is 22.9 Å². The molecular weight excluding hydrogens is 981 g/mol. The van der Waals surface area contributed by atoms with Crippen molar-refractivity contribution in [2.75, 3.05) is 6.54 Å². The summed E-state index contributed by atoms with van der Waals surface area (Å²) >= 11 is 0. The van der Waals surface area contributed by atoms with E-state index in [0.29, 0.717) is 47.7 Å². The van der Waals surface area contributed by atoms with Crippen LogP contribution >= 0.6 is 0 Å². The summed E-state index contributed by atoms with van der Waals surface area (Å²) < 4.78 is 0. The van der Waals surface area contributed by atoms with Crippen molar-refractivity contribution in [1.82, 2.24) is 0 Å². The molecule has 0 amide bonds. The Bertz CT molecular complexity index is 1940. The highest BCUT2D eigenvalue weighted by Crippen LogP contribution is 2.28. The minimum absolute atomic E-state index is 0. The van der Waals surface area contributed by atoms with Gasteiger partial charge >= 0.3 is 0 Å². The summed E-state index contributed by atoms with van der Waals surface area (Å²) in [7, 11) is 0. The van der Waals surface area contributed by atoms with Crippen LogP contribution in [0, 0.1) is 35.5 Å². The largest absolute Gasteiger partial charge is 0.330 e. The molecule has 4 heteroatoms. The van der Waals surface area contributed by atoms with Crippen molar-refractivity contribution in [1.29, 1.82) is 0 Å². The number of nitrogens with two attached hydrogens (primary N) is 4. The van der Waals surface area contributed by atoms with Crippen LogP contribution < -0.4 is 22.9 Å². The van der Waals surface area contributed by atoms with E-state index >= 15 is 0 Å². The lowest BCUT2D eigenvalue weighted by atomic mass is 9.88. The zero-order valence-electron chi connectivity index (χ0n) is 52.0. The van der Waals surface area contributed by atoms with E-state index in [-0.39, 0.29) is 22.3 Å². The van der Waals surface area contributed by atoms with E-state index in [1.54, 1.807) is 0 Å². The Labute approximate surface area is 503 Å². The van der Waals surface area contributed by atoms with Crippen molar-refractivity contribution in [2.45, 2.75) is 226 Å². The van der Waals surface area contributed by atoms with Gasteiger partial charge in [-0.15, -0.1) is 0 Å². The molecule has 0 heterocycles. The molecule has 4 nitrogen and oxygen atoms in total. The van der Waals surface area contributed by atoms with Crippen molar-refractivity contribution in [2.24, 2.45) is 58.4 Å². The minimum atomic E-state index is 0. The maximum atomic E-state index is 6.01. The molecule has 0 aromatic heterocycles. The highest BCUT2D eigenvalue weighted by molar-refractivity contribution is 5.22. The van der Waals surface area contributed by atoms with E-state index in [9.17, 15) is 0 Å². The summed E-state index contributed by atoms with van der Waals surface area (Å²) in [6.45, 7) is 32.3. The van der Waals surface area contributed by atoms with Gasteiger partial charge in [0, 0.05) is 18.1 Å². The molecule has 2 unspecified atom stereocenters. The van der Waals surface area contributed by atoms with Crippen molar-refractivity contribution in [3.05, 3.63) is 215 Å². The fraction of sp³-hybridized carbons (Fsp3) is 0.532. The van der Waals surface area contributed by atoms with Crippen molar-refractivity contribution in [3.63, 3.8) is 0 Å². The van der Waals surface area contributed by atoms with Gasteiger partial charge in [-0.3, -0.25) is 0 Å². The van der Waals surface area contributed by atoms with Gasteiger partial charge in [-0.05, 0) is 164 Å². The van der Waals surface area contributed by atoms with Crippen LogP contribution in [0.25, 0.3) is 0 Å². The molecule has 456 valence electrons. The number of benzene rings is 6. The van der Waals surface area contributed by atoms with Crippen LogP contribution in [0.5, 0.6) is 0 Å². The molecule has 0 fully saturated rings. The molecule has 0 aliphatic carbocycles. The Kier molecular flexibility index (Phi) is 49.4. The molecule has 0 aliphatic rings. The third kappa shape index (κ3) is 42.6. The van der Waals surface area contributed by atoms with Crippen molar-refractivity contribution in [3.8, 4) is 0 Å². The van der Waals surface area contributed by atoms with Gasteiger partial charge < -0.3 is 22.9 Å². The number of rotatable bonds is 24. The van der Waals surface area contributed by atoms with Crippen LogP contribution in [0.3, 0.4) is 0 Å². The standard InChI is InChI=1S/2C13H20.4C12H19N.3CH4/c2*1-4-12(10-11(2)3)13-8-6-5-7-9-13;1-10(2)8-12(9-13)11-6-4-3-5-7-11;3*1-10(2)8-12(13)9-11-6-4-3-5-7-11;;;/h2*5-9,11-12H,4,10H2,1-3H3;4*3-7,10,12H,8-9,13H2,1-2H3;3*1H4/t12-;;3*12-;;;;/m1.110..../s1. The highest BCUT2D eigenvalue weighted by atomic mass is 14.6. The Morgan fingerprint density at radius 1 is 0.272 bits per heavy atom. The first-order chi connectivity index (χ1) is 37.3. The molecule has 6 rings (SSSR count). The Morgan fingerprint density at radius 2 is 0.457 bits per heavy atom. The minimum Gasteiger partial charge on any atom is -0.330 e. The van der Waals surface area contributed by atoms with Gasteiger partial charge in [0.15, 0.2) is 0 Å². The fourth-order valence-electron chi connectivity index (χ4n) is 10.1. The maximum absolute atomic E-state index is 6.01. The smallest absolute Gasteiger partial charge is 0.00817 e. The summed E-state index contributed by atoms with van der Waals surface area (Å²) in [5.41, 5.74) is 32.2. The van der Waals surface area contributed by atoms with E-state index < -0.39 is 0 Å². The van der Waals surface area contributed by atoms with Gasteiger partial charge in [-0.2, -0.15) is 0 Å². The summed E-state index contributed by atoms with van der Waals surface area (Å²) in [5, 5.41) is 0. The van der Waals surface area contributed by atoms with Gasteiger partial charge in [-0.25, -0.2) is 0 Å². The molecule has 0 spiro atoms. The summed E-state index contributed by atoms with van der Waals surface area (Å²) in [4.78, 5) is 0. The van der Waals surface area contributed by atoms with Crippen LogP contribution in [0.1, 0.15) is 222 Å². The number of hydrogen-bond donors (Lipinski definition) is 4. The first kappa shape index (κ1) is 80.4. The zero-order valence-corrected chi connectivity index (χ0v) is 52.0. The first-order valence-corrected chi connectivity index (χ1v) is 30.5. The topological polar surface area (TPSA) is 104 Å². The van der Waals surface area contributed by atoms with E-state index in [0.717, 1.165) is 68.7 Å². The van der Waals surface area contributed by atoms with E-state index in [1.165, 1.54) is 65.5 Å². The third-order valence-electron chi connectivity index (χ3n) is 13.7. The molecular formula is C77H128N4. The second kappa shape index (κ2) is 49.7. The Balaban J connectivity index is -0.000000895. The summed E-state index contributed by atoms with van der Waals surface area (Å²) in [5.74, 6) is 6.42. The predicted octanol–water partition coefficient (Wildman–Crippen LogP) is 20.9. The zero-order chi connectivity index (χ0) is 58.1. The van der Waals surface area contributed by atoms with Gasteiger partial charge in [-0.1, -0.05) is 301 Å².